The van der Waals surface area contributed by atoms with E-state index in [1.54, 1.807) is 0 Å². The SMILES string of the molecule is Cc1ccc(F)c(C(=O)NC2(C(N)=S)CCCC2)c1F. The largest absolute Gasteiger partial charge is 0.391 e. The summed E-state index contributed by atoms with van der Waals surface area (Å²) in [6.07, 6.45) is 2.94. The lowest BCUT2D eigenvalue weighted by molar-refractivity contribution is 0.0915. The highest BCUT2D eigenvalue weighted by atomic mass is 32.1. The molecule has 0 aromatic heterocycles. The minimum Gasteiger partial charge on any atom is -0.391 e. The second-order valence-electron chi connectivity index (χ2n) is 5.16. The highest BCUT2D eigenvalue weighted by molar-refractivity contribution is 7.80. The normalized spacial score (nSPS) is 16.9. The Morgan fingerprint density at radius 1 is 1.35 bits per heavy atom. The molecule has 108 valence electrons. The number of hydrogen-bond acceptors (Lipinski definition) is 2. The minimum absolute atomic E-state index is 0.164. The summed E-state index contributed by atoms with van der Waals surface area (Å²) in [7, 11) is 0. The molecule has 1 aliphatic carbocycles. The van der Waals surface area contributed by atoms with Crippen LogP contribution in [-0.2, 0) is 0 Å². The zero-order valence-electron chi connectivity index (χ0n) is 11.1. The van der Waals surface area contributed by atoms with Crippen LogP contribution in [0, 0.1) is 18.6 Å². The summed E-state index contributed by atoms with van der Waals surface area (Å²) >= 11 is 5.00. The van der Waals surface area contributed by atoms with Crippen molar-refractivity contribution in [2.45, 2.75) is 38.1 Å². The molecule has 0 heterocycles. The van der Waals surface area contributed by atoms with Crippen LogP contribution in [0.25, 0.3) is 0 Å². The number of amides is 1. The number of aryl methyl sites for hydroxylation is 1. The van der Waals surface area contributed by atoms with Gasteiger partial charge in [-0.3, -0.25) is 4.79 Å². The lowest BCUT2D eigenvalue weighted by Crippen LogP contribution is -2.55. The molecule has 0 aliphatic heterocycles. The summed E-state index contributed by atoms with van der Waals surface area (Å²) < 4.78 is 27.7. The third-order valence-corrected chi connectivity index (χ3v) is 4.18. The van der Waals surface area contributed by atoms with E-state index in [1.165, 1.54) is 13.0 Å². The number of carbonyl (C=O) groups excluding carboxylic acids is 1. The number of halogens is 2. The average molecular weight is 298 g/mol. The van der Waals surface area contributed by atoms with E-state index in [0.717, 1.165) is 18.9 Å². The molecule has 3 N–H and O–H groups in total. The van der Waals surface area contributed by atoms with Crippen LogP contribution in [0.2, 0.25) is 0 Å². The van der Waals surface area contributed by atoms with E-state index in [-0.39, 0.29) is 10.6 Å². The van der Waals surface area contributed by atoms with Crippen molar-refractivity contribution in [3.05, 3.63) is 34.9 Å². The monoisotopic (exact) mass is 298 g/mol. The first-order chi connectivity index (χ1) is 9.37. The maximum Gasteiger partial charge on any atom is 0.258 e. The Hall–Kier alpha value is -1.56. The first-order valence-electron chi connectivity index (χ1n) is 6.44. The molecule has 1 saturated carbocycles. The molecule has 1 fully saturated rings. The van der Waals surface area contributed by atoms with Gasteiger partial charge in [0.2, 0.25) is 0 Å². The summed E-state index contributed by atoms with van der Waals surface area (Å²) in [5.41, 5.74) is 4.51. The van der Waals surface area contributed by atoms with Gasteiger partial charge in [-0.2, -0.15) is 0 Å². The molecule has 0 radical (unpaired) electrons. The summed E-state index contributed by atoms with van der Waals surface area (Å²) in [5, 5.41) is 2.63. The fourth-order valence-corrected chi connectivity index (χ4v) is 2.81. The van der Waals surface area contributed by atoms with E-state index in [9.17, 15) is 13.6 Å². The predicted octanol–water partition coefficient (Wildman–Crippen LogP) is 2.60. The minimum atomic E-state index is -0.887. The van der Waals surface area contributed by atoms with Gasteiger partial charge in [-0.15, -0.1) is 0 Å². The Morgan fingerprint density at radius 3 is 2.50 bits per heavy atom. The number of benzene rings is 1. The first kappa shape index (κ1) is 14.8. The van der Waals surface area contributed by atoms with Gasteiger partial charge in [-0.1, -0.05) is 31.1 Å². The van der Waals surface area contributed by atoms with Crippen molar-refractivity contribution < 1.29 is 13.6 Å². The van der Waals surface area contributed by atoms with E-state index in [2.05, 4.69) is 5.32 Å². The molecular formula is C14H16F2N2OS. The Labute approximate surface area is 121 Å². The van der Waals surface area contributed by atoms with Crippen LogP contribution in [0.15, 0.2) is 12.1 Å². The maximum absolute atomic E-state index is 13.9. The topological polar surface area (TPSA) is 55.1 Å². The molecule has 0 bridgehead atoms. The van der Waals surface area contributed by atoms with Gasteiger partial charge in [0.25, 0.3) is 5.91 Å². The lowest BCUT2D eigenvalue weighted by Gasteiger charge is -2.29. The molecule has 2 rings (SSSR count). The summed E-state index contributed by atoms with van der Waals surface area (Å²) in [6.45, 7) is 1.48. The van der Waals surface area contributed by atoms with Crippen LogP contribution in [0.3, 0.4) is 0 Å². The number of nitrogens with two attached hydrogens (primary N) is 1. The van der Waals surface area contributed by atoms with Crippen LogP contribution in [-0.4, -0.2) is 16.4 Å². The van der Waals surface area contributed by atoms with Gasteiger partial charge in [-0.25, -0.2) is 8.78 Å². The van der Waals surface area contributed by atoms with Gasteiger partial charge in [0, 0.05) is 0 Å². The van der Waals surface area contributed by atoms with Crippen LogP contribution < -0.4 is 11.1 Å². The van der Waals surface area contributed by atoms with Gasteiger partial charge in [0.1, 0.15) is 17.2 Å². The van der Waals surface area contributed by atoms with E-state index in [1.807, 2.05) is 0 Å². The van der Waals surface area contributed by atoms with Gasteiger partial charge < -0.3 is 11.1 Å². The fourth-order valence-electron chi connectivity index (χ4n) is 2.56. The Bertz CT molecular complexity index is 569. The van der Waals surface area contributed by atoms with Crippen LogP contribution in [0.1, 0.15) is 41.6 Å². The van der Waals surface area contributed by atoms with Crippen molar-refractivity contribution in [3.63, 3.8) is 0 Å². The van der Waals surface area contributed by atoms with E-state index in [4.69, 9.17) is 18.0 Å². The van der Waals surface area contributed by atoms with Gasteiger partial charge >= 0.3 is 0 Å². The number of rotatable bonds is 3. The van der Waals surface area contributed by atoms with Crippen LogP contribution in [0.5, 0.6) is 0 Å². The number of carbonyl (C=O) groups is 1. The second-order valence-corrected chi connectivity index (χ2v) is 5.60. The smallest absolute Gasteiger partial charge is 0.258 e. The molecule has 0 atom stereocenters. The van der Waals surface area contributed by atoms with E-state index < -0.39 is 28.6 Å². The third-order valence-electron chi connectivity index (χ3n) is 3.79. The summed E-state index contributed by atoms with van der Waals surface area (Å²) in [4.78, 5) is 12.4. The maximum atomic E-state index is 13.9. The molecule has 0 spiro atoms. The van der Waals surface area contributed by atoms with Crippen molar-refractivity contribution in [3.8, 4) is 0 Å². The van der Waals surface area contributed by atoms with Crippen molar-refractivity contribution in [1.82, 2.24) is 5.32 Å². The summed E-state index contributed by atoms with van der Waals surface area (Å²) in [6, 6.07) is 2.37. The molecule has 6 heteroatoms. The molecular weight excluding hydrogens is 282 g/mol. The van der Waals surface area contributed by atoms with E-state index >= 15 is 0 Å². The van der Waals surface area contributed by atoms with Crippen LogP contribution in [0.4, 0.5) is 8.78 Å². The standard InChI is InChI=1S/C14H16F2N2OS/c1-8-4-5-9(15)10(11(8)16)12(19)18-14(13(17)20)6-2-3-7-14/h4-5H,2-3,6-7H2,1H3,(H2,17,20)(H,18,19). The quantitative estimate of drug-likeness (QED) is 0.843. The van der Waals surface area contributed by atoms with Crippen molar-refractivity contribution >= 4 is 23.1 Å². The van der Waals surface area contributed by atoms with E-state index in [0.29, 0.717) is 12.8 Å². The molecule has 3 nitrogen and oxygen atoms in total. The van der Waals surface area contributed by atoms with Crippen LogP contribution >= 0.6 is 12.2 Å². The Balaban J connectivity index is 2.33. The van der Waals surface area contributed by atoms with Gasteiger partial charge in [-0.05, 0) is 31.4 Å². The van der Waals surface area contributed by atoms with Gasteiger partial charge in [0.05, 0.1) is 10.5 Å². The highest BCUT2D eigenvalue weighted by Gasteiger charge is 2.39. The van der Waals surface area contributed by atoms with Crippen molar-refractivity contribution in [2.75, 3.05) is 0 Å². The Morgan fingerprint density at radius 2 is 1.95 bits per heavy atom. The zero-order chi connectivity index (χ0) is 14.9. The summed E-state index contributed by atoms with van der Waals surface area (Å²) in [5.74, 6) is -2.54. The molecule has 0 unspecified atom stereocenters. The molecule has 1 aromatic rings. The molecule has 20 heavy (non-hydrogen) atoms. The lowest BCUT2D eigenvalue weighted by atomic mass is 9.96. The van der Waals surface area contributed by atoms with Crippen molar-refractivity contribution in [2.24, 2.45) is 5.73 Å². The second kappa shape index (κ2) is 5.44. The predicted molar refractivity (Wildman–Crippen MR) is 76.5 cm³/mol. The molecule has 1 aliphatic rings. The first-order valence-corrected chi connectivity index (χ1v) is 6.85. The molecule has 0 saturated heterocycles. The Kier molecular flexibility index (Phi) is 4.04. The zero-order valence-corrected chi connectivity index (χ0v) is 11.9. The number of hydrogen-bond donors (Lipinski definition) is 2. The number of thiocarbonyl (C=S) groups is 1. The molecule has 1 aromatic carbocycles. The third kappa shape index (κ3) is 2.52. The average Bonchev–Trinajstić information content (AvgIpc) is 2.84. The molecule has 1 amide bonds. The van der Waals surface area contributed by atoms with Crippen molar-refractivity contribution in [1.29, 1.82) is 0 Å². The number of nitrogens with one attached hydrogen (secondary N) is 1. The highest BCUT2D eigenvalue weighted by Crippen LogP contribution is 2.30. The van der Waals surface area contributed by atoms with Gasteiger partial charge in [0.15, 0.2) is 0 Å². The fraction of sp³-hybridized carbons (Fsp3) is 0.429.